The van der Waals surface area contributed by atoms with Crippen LogP contribution in [0.15, 0.2) is 76.3 Å². The van der Waals surface area contributed by atoms with Crippen LogP contribution in [0.25, 0.3) is 11.1 Å². The van der Waals surface area contributed by atoms with Gasteiger partial charge in [0.1, 0.15) is 12.4 Å². The van der Waals surface area contributed by atoms with Crippen molar-refractivity contribution in [3.8, 4) is 11.1 Å². The van der Waals surface area contributed by atoms with Gasteiger partial charge in [-0.15, -0.1) is 0 Å². The summed E-state index contributed by atoms with van der Waals surface area (Å²) in [5, 5.41) is 4.30. The minimum Gasteiger partial charge on any atom is -0.492 e. The van der Waals surface area contributed by atoms with Gasteiger partial charge in [0.25, 0.3) is 0 Å². The Hall–Kier alpha value is -3.47. The van der Waals surface area contributed by atoms with E-state index < -0.39 is 0 Å². The number of rotatable bonds is 8. The van der Waals surface area contributed by atoms with E-state index in [9.17, 15) is 0 Å². The van der Waals surface area contributed by atoms with E-state index in [-0.39, 0.29) is 6.04 Å². The summed E-state index contributed by atoms with van der Waals surface area (Å²) in [6, 6.07) is 17.1. The maximum absolute atomic E-state index is 6.35. The van der Waals surface area contributed by atoms with Crippen LogP contribution in [0.1, 0.15) is 50.1 Å². The van der Waals surface area contributed by atoms with Crippen molar-refractivity contribution in [3.63, 3.8) is 0 Å². The zero-order valence-corrected chi connectivity index (χ0v) is 21.0. The highest BCUT2D eigenvalue weighted by atomic mass is 16.5. The second-order valence-corrected chi connectivity index (χ2v) is 8.68. The zero-order chi connectivity index (χ0) is 24.2. The molecule has 1 aliphatic rings. The summed E-state index contributed by atoms with van der Waals surface area (Å²) in [7, 11) is 0. The summed E-state index contributed by atoms with van der Waals surface area (Å²) in [6.45, 7) is 13.4. The Bertz CT molecular complexity index is 1210. The SMILES string of the molecule is CCOC1=C(OCc2ccc(-c3ccccc3)c(CC)c2)C=C(C)N(c2noc(C)c2C)C1C. The molecule has 0 aliphatic carbocycles. The Balaban J connectivity index is 1.58. The molecule has 5 heteroatoms. The lowest BCUT2D eigenvalue weighted by Gasteiger charge is -2.35. The second kappa shape index (κ2) is 10.2. The van der Waals surface area contributed by atoms with Crippen LogP contribution in [0.2, 0.25) is 0 Å². The molecule has 0 saturated heterocycles. The molecule has 1 aliphatic heterocycles. The van der Waals surface area contributed by atoms with E-state index in [4.69, 9.17) is 14.0 Å². The number of hydrogen-bond acceptors (Lipinski definition) is 5. The predicted octanol–water partition coefficient (Wildman–Crippen LogP) is 7.10. The average molecular weight is 459 g/mol. The molecule has 34 heavy (non-hydrogen) atoms. The Kier molecular flexibility index (Phi) is 7.11. The Labute approximate surface area is 202 Å². The van der Waals surface area contributed by atoms with E-state index in [2.05, 4.69) is 73.3 Å². The summed E-state index contributed by atoms with van der Waals surface area (Å²) in [5.74, 6) is 3.22. The van der Waals surface area contributed by atoms with Crippen LogP contribution in [0.5, 0.6) is 0 Å². The van der Waals surface area contributed by atoms with E-state index in [1.54, 1.807) is 0 Å². The molecule has 0 N–H and O–H groups in total. The zero-order valence-electron chi connectivity index (χ0n) is 21.0. The third-order valence-corrected chi connectivity index (χ3v) is 6.42. The Morgan fingerprint density at radius 1 is 1.00 bits per heavy atom. The minimum atomic E-state index is -0.0604. The van der Waals surface area contributed by atoms with Crippen LogP contribution in [0.3, 0.4) is 0 Å². The van der Waals surface area contributed by atoms with Crippen molar-refractivity contribution in [1.82, 2.24) is 5.16 Å². The molecule has 2 heterocycles. The maximum atomic E-state index is 6.35. The van der Waals surface area contributed by atoms with E-state index in [0.29, 0.717) is 13.2 Å². The van der Waals surface area contributed by atoms with Crippen molar-refractivity contribution in [1.29, 1.82) is 0 Å². The highest BCUT2D eigenvalue weighted by Crippen LogP contribution is 2.35. The molecule has 1 aromatic heterocycles. The standard InChI is InChI=1S/C29H34N2O3/c1-7-24-17-23(14-15-26(24)25-12-10-9-11-13-25)18-33-27-16-19(3)31(21(5)28(27)32-8-2)29-20(4)22(6)34-30-29/h9-17,21H,7-8,18H2,1-6H3. The summed E-state index contributed by atoms with van der Waals surface area (Å²) in [4.78, 5) is 2.15. The minimum absolute atomic E-state index is 0.0604. The topological polar surface area (TPSA) is 47.7 Å². The van der Waals surface area contributed by atoms with Gasteiger partial charge >= 0.3 is 0 Å². The summed E-state index contributed by atoms with van der Waals surface area (Å²) in [6.07, 6.45) is 3.00. The molecule has 1 atom stereocenters. The van der Waals surface area contributed by atoms with Gasteiger partial charge in [-0.1, -0.05) is 60.6 Å². The monoisotopic (exact) mass is 458 g/mol. The molecule has 0 bridgehead atoms. The molecule has 3 aromatic rings. The number of aryl methyl sites for hydroxylation is 2. The van der Waals surface area contributed by atoms with Gasteiger partial charge in [0.05, 0.1) is 12.6 Å². The molecule has 0 radical (unpaired) electrons. The summed E-state index contributed by atoms with van der Waals surface area (Å²) < 4.78 is 17.9. The van der Waals surface area contributed by atoms with Crippen LogP contribution >= 0.6 is 0 Å². The number of aromatic nitrogens is 1. The lowest BCUT2D eigenvalue weighted by Crippen LogP contribution is -2.38. The fourth-order valence-electron chi connectivity index (χ4n) is 4.49. The molecule has 0 amide bonds. The number of nitrogens with zero attached hydrogens (tertiary/aromatic N) is 2. The van der Waals surface area contributed by atoms with Crippen LogP contribution in [0, 0.1) is 13.8 Å². The van der Waals surface area contributed by atoms with Crippen molar-refractivity contribution >= 4 is 5.82 Å². The Morgan fingerprint density at radius 3 is 2.41 bits per heavy atom. The van der Waals surface area contributed by atoms with Crippen LogP contribution in [0.4, 0.5) is 5.82 Å². The van der Waals surface area contributed by atoms with Crippen molar-refractivity contribution in [3.05, 3.63) is 94.3 Å². The molecular weight excluding hydrogens is 424 g/mol. The number of benzene rings is 2. The Morgan fingerprint density at radius 2 is 1.76 bits per heavy atom. The highest BCUT2D eigenvalue weighted by molar-refractivity contribution is 5.67. The maximum Gasteiger partial charge on any atom is 0.180 e. The number of anilines is 1. The van der Waals surface area contributed by atoms with Gasteiger partial charge in [0, 0.05) is 17.3 Å². The first-order valence-electron chi connectivity index (χ1n) is 12.0. The van der Waals surface area contributed by atoms with Crippen molar-refractivity contribution < 1.29 is 14.0 Å². The number of ether oxygens (including phenoxy) is 2. The summed E-state index contributed by atoms with van der Waals surface area (Å²) >= 11 is 0. The molecule has 4 rings (SSSR count). The molecule has 0 fully saturated rings. The van der Waals surface area contributed by atoms with Gasteiger partial charge in [-0.05, 0) is 63.3 Å². The van der Waals surface area contributed by atoms with E-state index in [1.165, 1.54) is 16.7 Å². The van der Waals surface area contributed by atoms with E-state index in [1.807, 2.05) is 32.9 Å². The van der Waals surface area contributed by atoms with Gasteiger partial charge in [-0.3, -0.25) is 0 Å². The lowest BCUT2D eigenvalue weighted by atomic mass is 9.96. The van der Waals surface area contributed by atoms with Gasteiger partial charge in [-0.2, -0.15) is 0 Å². The normalized spacial score (nSPS) is 16.0. The van der Waals surface area contributed by atoms with Gasteiger partial charge in [0.15, 0.2) is 17.3 Å². The third-order valence-electron chi connectivity index (χ3n) is 6.42. The van der Waals surface area contributed by atoms with Crippen LogP contribution < -0.4 is 4.90 Å². The van der Waals surface area contributed by atoms with Crippen molar-refractivity contribution in [2.24, 2.45) is 0 Å². The fourth-order valence-corrected chi connectivity index (χ4v) is 4.49. The molecule has 0 saturated carbocycles. The predicted molar refractivity (Wildman–Crippen MR) is 136 cm³/mol. The highest BCUT2D eigenvalue weighted by Gasteiger charge is 2.32. The molecule has 178 valence electrons. The quantitative estimate of drug-likeness (QED) is 0.360. The lowest BCUT2D eigenvalue weighted by molar-refractivity contribution is 0.146. The first-order chi connectivity index (χ1) is 16.4. The third kappa shape index (κ3) is 4.60. The van der Waals surface area contributed by atoms with E-state index >= 15 is 0 Å². The van der Waals surface area contributed by atoms with Crippen LogP contribution in [-0.2, 0) is 22.5 Å². The largest absolute Gasteiger partial charge is 0.492 e. The fraction of sp³-hybridized carbons (Fsp3) is 0.345. The number of hydrogen-bond donors (Lipinski definition) is 0. The van der Waals surface area contributed by atoms with Crippen molar-refractivity contribution in [2.75, 3.05) is 11.5 Å². The van der Waals surface area contributed by atoms with Gasteiger partial charge < -0.3 is 18.9 Å². The first kappa shape index (κ1) is 23.7. The molecule has 5 nitrogen and oxygen atoms in total. The van der Waals surface area contributed by atoms with Gasteiger partial charge in [0.2, 0.25) is 0 Å². The molecular formula is C29H34N2O3. The first-order valence-corrected chi connectivity index (χ1v) is 12.0. The van der Waals surface area contributed by atoms with Gasteiger partial charge in [-0.25, -0.2) is 0 Å². The summed E-state index contributed by atoms with van der Waals surface area (Å²) in [5.41, 5.74) is 7.05. The second-order valence-electron chi connectivity index (χ2n) is 8.68. The molecule has 0 spiro atoms. The molecule has 2 aromatic carbocycles. The van der Waals surface area contributed by atoms with Crippen LogP contribution in [-0.4, -0.2) is 17.8 Å². The smallest absolute Gasteiger partial charge is 0.180 e. The van der Waals surface area contributed by atoms with E-state index in [0.717, 1.165) is 46.3 Å². The molecule has 1 unspecified atom stereocenters. The van der Waals surface area contributed by atoms with Crippen molar-refractivity contribution in [2.45, 2.75) is 60.6 Å². The number of allylic oxidation sites excluding steroid dienone is 2. The average Bonchev–Trinajstić information content (AvgIpc) is 3.18.